The fraction of sp³-hybridized carbons (Fsp3) is 0.409. The van der Waals surface area contributed by atoms with Crippen LogP contribution >= 0.6 is 0 Å². The summed E-state index contributed by atoms with van der Waals surface area (Å²) in [5.41, 5.74) is 2.90. The first-order valence-electron chi connectivity index (χ1n) is 9.61. The molecule has 2 heterocycles. The Morgan fingerprint density at radius 3 is 2.70 bits per heavy atom. The predicted molar refractivity (Wildman–Crippen MR) is 103 cm³/mol. The zero-order valence-corrected chi connectivity index (χ0v) is 15.8. The molecule has 0 aliphatic carbocycles. The van der Waals surface area contributed by atoms with Gasteiger partial charge in [-0.1, -0.05) is 30.3 Å². The molecule has 2 aromatic rings. The molecule has 5 heteroatoms. The van der Waals surface area contributed by atoms with E-state index in [4.69, 9.17) is 4.74 Å². The Labute approximate surface area is 160 Å². The molecule has 1 unspecified atom stereocenters. The number of amides is 1. The molecule has 1 aliphatic heterocycles. The van der Waals surface area contributed by atoms with E-state index in [1.165, 1.54) is 5.56 Å². The number of esters is 1. The van der Waals surface area contributed by atoms with Crippen molar-refractivity contribution in [3.05, 3.63) is 65.5 Å². The van der Waals surface area contributed by atoms with Crippen LogP contribution in [0.1, 0.15) is 41.3 Å². The fourth-order valence-corrected chi connectivity index (χ4v) is 3.47. The molecule has 1 saturated heterocycles. The number of benzene rings is 1. The molecule has 0 N–H and O–H groups in total. The predicted octanol–water partition coefficient (Wildman–Crippen LogP) is 3.28. The average molecular weight is 366 g/mol. The van der Waals surface area contributed by atoms with Crippen molar-refractivity contribution in [1.82, 2.24) is 9.88 Å². The highest BCUT2D eigenvalue weighted by atomic mass is 16.5. The Bertz CT molecular complexity index is 776. The zero-order chi connectivity index (χ0) is 19.1. The molecule has 142 valence electrons. The first-order chi connectivity index (χ1) is 13.2. The van der Waals surface area contributed by atoms with Crippen molar-refractivity contribution in [2.45, 2.75) is 32.6 Å². The van der Waals surface area contributed by atoms with Crippen molar-refractivity contribution >= 4 is 11.9 Å². The summed E-state index contributed by atoms with van der Waals surface area (Å²) in [4.78, 5) is 30.9. The van der Waals surface area contributed by atoms with Crippen molar-refractivity contribution in [3.63, 3.8) is 0 Å². The van der Waals surface area contributed by atoms with Crippen LogP contribution in [0.5, 0.6) is 0 Å². The van der Waals surface area contributed by atoms with Crippen LogP contribution in [0.2, 0.25) is 0 Å². The molecule has 0 bridgehead atoms. The number of rotatable bonds is 6. The van der Waals surface area contributed by atoms with E-state index >= 15 is 0 Å². The van der Waals surface area contributed by atoms with Crippen LogP contribution in [-0.2, 0) is 22.4 Å². The van der Waals surface area contributed by atoms with Crippen LogP contribution < -0.4 is 0 Å². The number of pyridine rings is 1. The standard InChI is InChI=1S/C22H26N2O3/c1-2-27-22(26)19-9-6-12-24(16-19)21(25)20-13-18(14-23-15-20)11-10-17-7-4-3-5-8-17/h3-5,7-8,13-15,19H,2,6,9-12,16H2,1H3. The smallest absolute Gasteiger partial charge is 0.310 e. The van der Waals surface area contributed by atoms with Gasteiger partial charge in [0.05, 0.1) is 18.1 Å². The average Bonchev–Trinajstić information content (AvgIpc) is 2.73. The van der Waals surface area contributed by atoms with Crippen molar-refractivity contribution in [3.8, 4) is 0 Å². The maximum absolute atomic E-state index is 12.9. The second-order valence-corrected chi connectivity index (χ2v) is 6.91. The lowest BCUT2D eigenvalue weighted by Crippen LogP contribution is -2.42. The van der Waals surface area contributed by atoms with Crippen LogP contribution in [0.15, 0.2) is 48.8 Å². The summed E-state index contributed by atoms with van der Waals surface area (Å²) < 4.78 is 5.12. The van der Waals surface area contributed by atoms with Crippen LogP contribution in [0.4, 0.5) is 0 Å². The number of likely N-dealkylation sites (tertiary alicyclic amines) is 1. The number of hydrogen-bond acceptors (Lipinski definition) is 4. The maximum Gasteiger partial charge on any atom is 0.310 e. The van der Waals surface area contributed by atoms with Gasteiger partial charge >= 0.3 is 5.97 Å². The fourth-order valence-electron chi connectivity index (χ4n) is 3.47. The Morgan fingerprint density at radius 1 is 1.15 bits per heavy atom. The molecule has 1 fully saturated rings. The van der Waals surface area contributed by atoms with Gasteiger partial charge in [-0.25, -0.2) is 0 Å². The summed E-state index contributed by atoms with van der Waals surface area (Å²) in [6.45, 7) is 3.27. The summed E-state index contributed by atoms with van der Waals surface area (Å²) in [6.07, 6.45) is 6.77. The third kappa shape index (κ3) is 5.16. The molecular formula is C22H26N2O3. The van der Waals surface area contributed by atoms with Gasteiger partial charge < -0.3 is 9.64 Å². The molecule has 1 aromatic heterocycles. The van der Waals surface area contributed by atoms with Gasteiger partial charge in [0.15, 0.2) is 0 Å². The molecule has 27 heavy (non-hydrogen) atoms. The highest BCUT2D eigenvalue weighted by molar-refractivity contribution is 5.94. The highest BCUT2D eigenvalue weighted by Crippen LogP contribution is 2.20. The molecule has 0 spiro atoms. The molecule has 1 atom stereocenters. The minimum atomic E-state index is -0.225. The number of ether oxygens (including phenoxy) is 1. The van der Waals surface area contributed by atoms with Crippen LogP contribution in [0.3, 0.4) is 0 Å². The van der Waals surface area contributed by atoms with Crippen LogP contribution in [0, 0.1) is 5.92 Å². The lowest BCUT2D eigenvalue weighted by molar-refractivity contribution is -0.149. The quantitative estimate of drug-likeness (QED) is 0.736. The van der Waals surface area contributed by atoms with E-state index in [1.807, 2.05) is 30.5 Å². The molecule has 1 amide bonds. The van der Waals surface area contributed by atoms with Gasteiger partial charge in [-0.3, -0.25) is 14.6 Å². The lowest BCUT2D eigenvalue weighted by Gasteiger charge is -2.31. The Balaban J connectivity index is 1.63. The van der Waals surface area contributed by atoms with Gasteiger partial charge in [0.1, 0.15) is 0 Å². The monoisotopic (exact) mass is 366 g/mol. The second kappa shape index (κ2) is 9.31. The summed E-state index contributed by atoms with van der Waals surface area (Å²) >= 11 is 0. The number of hydrogen-bond donors (Lipinski definition) is 0. The Hall–Kier alpha value is -2.69. The zero-order valence-electron chi connectivity index (χ0n) is 15.8. The number of nitrogens with zero attached hydrogens (tertiary/aromatic N) is 2. The van der Waals surface area contributed by atoms with Crippen molar-refractivity contribution in [1.29, 1.82) is 0 Å². The van der Waals surface area contributed by atoms with Gasteiger partial charge in [0, 0.05) is 25.5 Å². The SMILES string of the molecule is CCOC(=O)C1CCCN(C(=O)c2cncc(CCc3ccccc3)c2)C1. The lowest BCUT2D eigenvalue weighted by atomic mass is 9.97. The van der Waals surface area contributed by atoms with Gasteiger partial charge in [-0.2, -0.15) is 0 Å². The van der Waals surface area contributed by atoms with Gasteiger partial charge in [-0.15, -0.1) is 0 Å². The van der Waals surface area contributed by atoms with Crippen molar-refractivity contribution < 1.29 is 14.3 Å². The molecular weight excluding hydrogens is 340 g/mol. The van der Waals surface area contributed by atoms with Crippen LogP contribution in [0.25, 0.3) is 0 Å². The largest absolute Gasteiger partial charge is 0.466 e. The third-order valence-electron chi connectivity index (χ3n) is 4.92. The molecule has 3 rings (SSSR count). The number of aryl methyl sites for hydroxylation is 2. The van der Waals surface area contributed by atoms with Crippen molar-refractivity contribution in [2.24, 2.45) is 5.92 Å². The Morgan fingerprint density at radius 2 is 1.93 bits per heavy atom. The third-order valence-corrected chi connectivity index (χ3v) is 4.92. The van der Waals surface area contributed by atoms with E-state index in [2.05, 4.69) is 17.1 Å². The van der Waals surface area contributed by atoms with Gasteiger partial charge in [0.25, 0.3) is 5.91 Å². The molecule has 1 aliphatic rings. The first kappa shape index (κ1) is 19.1. The number of piperidine rings is 1. The van der Waals surface area contributed by atoms with Gasteiger partial charge in [-0.05, 0) is 49.8 Å². The normalized spacial score (nSPS) is 16.8. The molecule has 1 aromatic carbocycles. The summed E-state index contributed by atoms with van der Waals surface area (Å²) in [7, 11) is 0. The van der Waals surface area contributed by atoms with Crippen molar-refractivity contribution in [2.75, 3.05) is 19.7 Å². The van der Waals surface area contributed by atoms with E-state index in [9.17, 15) is 9.59 Å². The number of aromatic nitrogens is 1. The molecule has 0 saturated carbocycles. The van der Waals surface area contributed by atoms with E-state index in [-0.39, 0.29) is 17.8 Å². The second-order valence-electron chi connectivity index (χ2n) is 6.91. The van der Waals surface area contributed by atoms with E-state index in [0.29, 0.717) is 25.3 Å². The molecule has 5 nitrogen and oxygen atoms in total. The highest BCUT2D eigenvalue weighted by Gasteiger charge is 2.29. The maximum atomic E-state index is 12.9. The number of carbonyl (C=O) groups excluding carboxylic acids is 2. The van der Waals surface area contributed by atoms with Gasteiger partial charge in [0.2, 0.25) is 0 Å². The van der Waals surface area contributed by atoms with E-state index in [0.717, 1.165) is 31.2 Å². The first-order valence-corrected chi connectivity index (χ1v) is 9.61. The number of carbonyl (C=O) groups is 2. The van der Waals surface area contributed by atoms with E-state index < -0.39 is 0 Å². The summed E-state index contributed by atoms with van der Waals surface area (Å²) in [6, 6.07) is 12.2. The van der Waals surface area contributed by atoms with E-state index in [1.54, 1.807) is 18.0 Å². The Kier molecular flexibility index (Phi) is 6.58. The minimum Gasteiger partial charge on any atom is -0.466 e. The van der Waals surface area contributed by atoms with Crippen LogP contribution in [-0.4, -0.2) is 41.5 Å². The topological polar surface area (TPSA) is 59.5 Å². The molecule has 0 radical (unpaired) electrons. The summed E-state index contributed by atoms with van der Waals surface area (Å²) in [5.74, 6) is -0.486. The summed E-state index contributed by atoms with van der Waals surface area (Å²) in [5, 5.41) is 0. The minimum absolute atomic E-state index is 0.0574.